The second-order valence-corrected chi connectivity index (χ2v) is 5.81. The Hall–Kier alpha value is -2.11. The number of tetrazole rings is 1. The molecule has 1 aromatic carbocycles. The molecule has 1 aromatic heterocycles. The van der Waals surface area contributed by atoms with Crippen LogP contribution in [0, 0.1) is 11.8 Å². The summed E-state index contributed by atoms with van der Waals surface area (Å²) in [4.78, 5) is 0. The van der Waals surface area contributed by atoms with Crippen molar-refractivity contribution in [2.24, 2.45) is 11.8 Å². The predicted molar refractivity (Wildman–Crippen MR) is 80.7 cm³/mol. The summed E-state index contributed by atoms with van der Waals surface area (Å²) in [5.41, 5.74) is 7.41. The van der Waals surface area contributed by atoms with Crippen LogP contribution in [0.25, 0.3) is 11.4 Å². The van der Waals surface area contributed by atoms with Crippen LogP contribution in [-0.4, -0.2) is 27.3 Å². The van der Waals surface area contributed by atoms with Crippen LogP contribution in [0.4, 0.5) is 5.69 Å². The van der Waals surface area contributed by atoms with Gasteiger partial charge in [-0.1, -0.05) is 19.8 Å². The molecule has 0 bridgehead atoms. The number of nitrogen functional groups attached to an aromatic ring is 1. The molecule has 2 N–H and O–H groups in total. The summed E-state index contributed by atoms with van der Waals surface area (Å²) in [6.07, 6.45) is 3.84. The molecule has 112 valence electrons. The second kappa shape index (κ2) is 5.71. The number of nitrogens with zero attached hydrogens (tertiary/aromatic N) is 4. The van der Waals surface area contributed by atoms with Gasteiger partial charge in [0, 0.05) is 12.2 Å². The van der Waals surface area contributed by atoms with Gasteiger partial charge in [-0.25, -0.2) is 4.68 Å². The van der Waals surface area contributed by atoms with Crippen LogP contribution in [0.5, 0.6) is 5.75 Å². The number of hydrogen-bond acceptors (Lipinski definition) is 5. The molecule has 2 atom stereocenters. The Morgan fingerprint density at radius 1 is 1.38 bits per heavy atom. The number of aromatic nitrogens is 4. The van der Waals surface area contributed by atoms with E-state index >= 15 is 0 Å². The first-order valence-corrected chi connectivity index (χ1v) is 7.39. The van der Waals surface area contributed by atoms with Crippen molar-refractivity contribution in [2.45, 2.75) is 32.7 Å². The van der Waals surface area contributed by atoms with E-state index in [1.807, 2.05) is 22.9 Å². The third kappa shape index (κ3) is 2.70. The van der Waals surface area contributed by atoms with Gasteiger partial charge in [0.15, 0.2) is 5.82 Å². The fraction of sp³-hybridized carbons (Fsp3) is 0.533. The maximum Gasteiger partial charge on any atom is 0.185 e. The second-order valence-electron chi connectivity index (χ2n) is 5.81. The molecule has 1 saturated carbocycles. The quantitative estimate of drug-likeness (QED) is 0.873. The molecule has 21 heavy (non-hydrogen) atoms. The molecular weight excluding hydrogens is 266 g/mol. The van der Waals surface area contributed by atoms with Crippen molar-refractivity contribution in [2.75, 3.05) is 12.8 Å². The van der Waals surface area contributed by atoms with E-state index < -0.39 is 0 Å². The van der Waals surface area contributed by atoms with Crippen molar-refractivity contribution in [1.82, 2.24) is 20.2 Å². The zero-order valence-electron chi connectivity index (χ0n) is 12.5. The van der Waals surface area contributed by atoms with E-state index in [2.05, 4.69) is 22.4 Å². The summed E-state index contributed by atoms with van der Waals surface area (Å²) < 4.78 is 7.28. The first kappa shape index (κ1) is 13.9. The summed E-state index contributed by atoms with van der Waals surface area (Å²) in [6, 6.07) is 5.52. The smallest absolute Gasteiger partial charge is 0.185 e. The average Bonchev–Trinajstić information content (AvgIpc) is 3.09. The van der Waals surface area contributed by atoms with Gasteiger partial charge in [0.25, 0.3) is 0 Å². The summed E-state index contributed by atoms with van der Waals surface area (Å²) in [5.74, 6) is 2.82. The number of benzene rings is 1. The van der Waals surface area contributed by atoms with Crippen LogP contribution in [0.1, 0.15) is 26.2 Å². The van der Waals surface area contributed by atoms with Gasteiger partial charge in [-0.15, -0.1) is 5.10 Å². The minimum atomic E-state index is 0.638. The number of rotatable bonds is 4. The Labute approximate surface area is 124 Å². The van der Waals surface area contributed by atoms with Crippen LogP contribution in [-0.2, 0) is 6.54 Å². The lowest BCUT2D eigenvalue weighted by Gasteiger charge is -2.16. The van der Waals surface area contributed by atoms with Crippen LogP contribution in [0.15, 0.2) is 18.2 Å². The Morgan fingerprint density at radius 2 is 2.24 bits per heavy atom. The van der Waals surface area contributed by atoms with E-state index in [1.165, 1.54) is 19.3 Å². The number of methoxy groups -OCH3 is 1. The predicted octanol–water partition coefficient (Wildman–Crippen LogP) is 2.37. The number of hydrogen-bond donors (Lipinski definition) is 1. The highest BCUT2D eigenvalue weighted by molar-refractivity contribution is 5.68. The Bertz CT molecular complexity index is 624. The zero-order chi connectivity index (χ0) is 14.8. The molecule has 1 aliphatic rings. The standard InChI is InChI=1S/C15H21N5O/c1-10-4-3-5-11(10)9-20-15(17-18-19-20)13-8-12(16)6-7-14(13)21-2/h6-8,10-11H,3-5,9,16H2,1-2H3. The first-order chi connectivity index (χ1) is 10.2. The van der Waals surface area contributed by atoms with Crippen LogP contribution >= 0.6 is 0 Å². The molecule has 0 spiro atoms. The molecule has 6 nitrogen and oxygen atoms in total. The van der Waals surface area contributed by atoms with Gasteiger partial charge in [-0.2, -0.15) is 0 Å². The Morgan fingerprint density at radius 3 is 2.95 bits per heavy atom. The monoisotopic (exact) mass is 287 g/mol. The van der Waals surface area contributed by atoms with E-state index in [1.54, 1.807) is 7.11 Å². The first-order valence-electron chi connectivity index (χ1n) is 7.39. The third-order valence-corrected chi connectivity index (χ3v) is 4.44. The SMILES string of the molecule is COc1ccc(N)cc1-c1nnnn1CC1CCCC1C. The van der Waals surface area contributed by atoms with Crippen molar-refractivity contribution >= 4 is 5.69 Å². The molecule has 1 heterocycles. The molecule has 1 fully saturated rings. The van der Waals surface area contributed by atoms with Crippen LogP contribution < -0.4 is 10.5 Å². The largest absolute Gasteiger partial charge is 0.496 e. The molecule has 3 rings (SSSR count). The molecule has 1 aliphatic carbocycles. The van der Waals surface area contributed by atoms with Gasteiger partial charge in [0.05, 0.1) is 12.7 Å². The molecule has 6 heteroatoms. The number of anilines is 1. The van der Waals surface area contributed by atoms with Gasteiger partial charge < -0.3 is 10.5 Å². The highest BCUT2D eigenvalue weighted by Crippen LogP contribution is 2.34. The lowest BCUT2D eigenvalue weighted by atomic mass is 9.98. The minimum absolute atomic E-state index is 0.638. The maximum absolute atomic E-state index is 5.89. The average molecular weight is 287 g/mol. The van der Waals surface area contributed by atoms with Crippen molar-refractivity contribution in [3.63, 3.8) is 0 Å². The van der Waals surface area contributed by atoms with Crippen molar-refractivity contribution in [3.8, 4) is 17.1 Å². The molecule has 0 aliphatic heterocycles. The highest BCUT2D eigenvalue weighted by Gasteiger charge is 2.25. The van der Waals surface area contributed by atoms with Gasteiger partial charge in [0.1, 0.15) is 5.75 Å². The summed E-state index contributed by atoms with van der Waals surface area (Å²) in [6.45, 7) is 3.16. The van der Waals surface area contributed by atoms with Gasteiger partial charge in [-0.3, -0.25) is 0 Å². The van der Waals surface area contributed by atoms with Crippen LogP contribution in [0.3, 0.4) is 0 Å². The number of ether oxygens (including phenoxy) is 1. The van der Waals surface area contributed by atoms with E-state index in [9.17, 15) is 0 Å². The lowest BCUT2D eigenvalue weighted by molar-refractivity contribution is 0.345. The topological polar surface area (TPSA) is 78.8 Å². The molecule has 0 saturated heterocycles. The molecule has 2 aromatic rings. The molecule has 0 amide bonds. The van der Waals surface area contributed by atoms with Crippen molar-refractivity contribution < 1.29 is 4.74 Å². The lowest BCUT2D eigenvalue weighted by Crippen LogP contribution is -2.15. The van der Waals surface area contributed by atoms with E-state index in [0.29, 0.717) is 11.6 Å². The Balaban J connectivity index is 1.93. The van der Waals surface area contributed by atoms with Crippen LogP contribution in [0.2, 0.25) is 0 Å². The van der Waals surface area contributed by atoms with E-state index in [-0.39, 0.29) is 0 Å². The van der Waals surface area contributed by atoms with Gasteiger partial charge in [-0.05, 0) is 46.9 Å². The minimum Gasteiger partial charge on any atom is -0.496 e. The summed E-state index contributed by atoms with van der Waals surface area (Å²) in [7, 11) is 1.64. The van der Waals surface area contributed by atoms with Crippen molar-refractivity contribution in [1.29, 1.82) is 0 Å². The summed E-state index contributed by atoms with van der Waals surface area (Å²) >= 11 is 0. The number of nitrogens with two attached hydrogens (primary N) is 1. The molecule has 2 unspecified atom stereocenters. The van der Waals surface area contributed by atoms with E-state index in [4.69, 9.17) is 10.5 Å². The van der Waals surface area contributed by atoms with E-state index in [0.717, 1.165) is 29.6 Å². The maximum atomic E-state index is 5.89. The zero-order valence-corrected chi connectivity index (χ0v) is 12.5. The van der Waals surface area contributed by atoms with Gasteiger partial charge in [0.2, 0.25) is 0 Å². The van der Waals surface area contributed by atoms with Gasteiger partial charge >= 0.3 is 0 Å². The summed E-state index contributed by atoms with van der Waals surface area (Å²) in [5, 5.41) is 12.2. The highest BCUT2D eigenvalue weighted by atomic mass is 16.5. The Kier molecular flexibility index (Phi) is 3.77. The molecular formula is C15H21N5O. The third-order valence-electron chi connectivity index (χ3n) is 4.44. The molecule has 0 radical (unpaired) electrons. The fourth-order valence-electron chi connectivity index (χ4n) is 3.14. The fourth-order valence-corrected chi connectivity index (χ4v) is 3.14. The van der Waals surface area contributed by atoms with Crippen molar-refractivity contribution in [3.05, 3.63) is 18.2 Å². The normalized spacial score (nSPS) is 21.6.